The molecular weight excluding hydrogens is 326 g/mol. The van der Waals surface area contributed by atoms with Gasteiger partial charge < -0.3 is 0 Å². The highest BCUT2D eigenvalue weighted by Crippen LogP contribution is 2.31. The quantitative estimate of drug-likeness (QED) is 0.505. The molecule has 0 fully saturated rings. The summed E-state index contributed by atoms with van der Waals surface area (Å²) in [6.45, 7) is 3.86. The summed E-state index contributed by atoms with van der Waals surface area (Å²) in [5, 5.41) is 0. The second-order valence-electron chi connectivity index (χ2n) is 4.78. The van der Waals surface area contributed by atoms with Crippen LogP contribution in [0.25, 0.3) is 0 Å². The Morgan fingerprint density at radius 2 is 1.70 bits per heavy atom. The van der Waals surface area contributed by atoms with Crippen LogP contribution in [0.4, 0.5) is 8.78 Å². The van der Waals surface area contributed by atoms with Crippen LogP contribution in [0.2, 0.25) is 0 Å². The number of aryl methyl sites for hydroxylation is 2. The summed E-state index contributed by atoms with van der Waals surface area (Å²) in [5.74, 6) is 4.25. The SMILES string of the molecule is Cc1cc(C)cc(C(NN)c2c(F)ccc(Br)c2F)c1. The smallest absolute Gasteiger partial charge is 0.145 e. The van der Waals surface area contributed by atoms with Crippen molar-refractivity contribution in [2.24, 2.45) is 5.84 Å². The van der Waals surface area contributed by atoms with Gasteiger partial charge in [0.15, 0.2) is 0 Å². The van der Waals surface area contributed by atoms with E-state index in [1.54, 1.807) is 0 Å². The molecule has 2 aromatic carbocycles. The van der Waals surface area contributed by atoms with Crippen molar-refractivity contribution >= 4 is 15.9 Å². The normalized spacial score (nSPS) is 12.5. The fourth-order valence-corrected chi connectivity index (χ4v) is 2.68. The number of nitrogens with one attached hydrogen (secondary N) is 1. The van der Waals surface area contributed by atoms with Gasteiger partial charge in [-0.05, 0) is 47.5 Å². The first-order valence-electron chi connectivity index (χ1n) is 6.11. The predicted molar refractivity (Wildman–Crippen MR) is 79.1 cm³/mol. The minimum absolute atomic E-state index is 0.0909. The third-order valence-electron chi connectivity index (χ3n) is 3.11. The number of nitrogens with two attached hydrogens (primary N) is 1. The first-order valence-corrected chi connectivity index (χ1v) is 6.91. The molecule has 2 rings (SSSR count). The van der Waals surface area contributed by atoms with Gasteiger partial charge in [0.05, 0.1) is 10.5 Å². The predicted octanol–water partition coefficient (Wildman–Crippen LogP) is 3.90. The third-order valence-corrected chi connectivity index (χ3v) is 3.72. The van der Waals surface area contributed by atoms with Crippen LogP contribution in [0, 0.1) is 25.5 Å². The van der Waals surface area contributed by atoms with E-state index in [1.807, 2.05) is 32.0 Å². The van der Waals surface area contributed by atoms with E-state index in [1.165, 1.54) is 12.1 Å². The zero-order valence-corrected chi connectivity index (χ0v) is 12.8. The Morgan fingerprint density at radius 3 is 2.25 bits per heavy atom. The Kier molecular flexibility index (Phi) is 4.52. The first-order chi connectivity index (χ1) is 9.43. The van der Waals surface area contributed by atoms with E-state index in [0.29, 0.717) is 0 Å². The number of halogens is 3. The van der Waals surface area contributed by atoms with E-state index in [-0.39, 0.29) is 10.0 Å². The fourth-order valence-electron chi connectivity index (χ4n) is 2.33. The Bertz CT molecular complexity index is 624. The van der Waals surface area contributed by atoms with Gasteiger partial charge in [-0.2, -0.15) is 0 Å². The highest BCUT2D eigenvalue weighted by atomic mass is 79.9. The van der Waals surface area contributed by atoms with Gasteiger partial charge in [0.25, 0.3) is 0 Å². The maximum atomic E-state index is 14.2. The molecule has 0 aliphatic carbocycles. The van der Waals surface area contributed by atoms with Crippen LogP contribution >= 0.6 is 15.9 Å². The zero-order valence-electron chi connectivity index (χ0n) is 11.2. The minimum Gasteiger partial charge on any atom is -0.271 e. The zero-order chi connectivity index (χ0) is 14.9. The van der Waals surface area contributed by atoms with Crippen LogP contribution in [-0.4, -0.2) is 0 Å². The molecule has 1 unspecified atom stereocenters. The van der Waals surface area contributed by atoms with Crippen molar-refractivity contribution in [1.29, 1.82) is 0 Å². The lowest BCUT2D eigenvalue weighted by molar-refractivity contribution is 0.507. The van der Waals surface area contributed by atoms with Crippen molar-refractivity contribution in [3.8, 4) is 0 Å². The average molecular weight is 341 g/mol. The number of rotatable bonds is 3. The van der Waals surface area contributed by atoms with Crippen molar-refractivity contribution in [2.45, 2.75) is 19.9 Å². The topological polar surface area (TPSA) is 38.0 Å². The molecule has 0 aliphatic heterocycles. The van der Waals surface area contributed by atoms with Gasteiger partial charge in [-0.25, -0.2) is 14.2 Å². The summed E-state index contributed by atoms with van der Waals surface area (Å²) in [5.41, 5.74) is 5.15. The monoisotopic (exact) mass is 340 g/mol. The standard InChI is InChI=1S/C15H15BrF2N2/c1-8-5-9(2)7-10(6-8)15(20-19)13-12(17)4-3-11(16)14(13)18/h3-7,15,20H,19H2,1-2H3. The van der Waals surface area contributed by atoms with Gasteiger partial charge in [-0.1, -0.05) is 29.3 Å². The summed E-state index contributed by atoms with van der Waals surface area (Å²) in [4.78, 5) is 0. The second-order valence-corrected chi connectivity index (χ2v) is 5.63. The number of hydrogen-bond acceptors (Lipinski definition) is 2. The molecule has 5 heteroatoms. The molecule has 0 bridgehead atoms. The number of hydrazine groups is 1. The van der Waals surface area contributed by atoms with Crippen LogP contribution in [0.3, 0.4) is 0 Å². The molecule has 106 valence electrons. The molecule has 0 radical (unpaired) electrons. The lowest BCUT2D eigenvalue weighted by Crippen LogP contribution is -2.30. The van der Waals surface area contributed by atoms with Crippen molar-refractivity contribution in [3.63, 3.8) is 0 Å². The van der Waals surface area contributed by atoms with Gasteiger partial charge in [0.2, 0.25) is 0 Å². The van der Waals surface area contributed by atoms with E-state index >= 15 is 0 Å². The largest absolute Gasteiger partial charge is 0.271 e. The second kappa shape index (κ2) is 5.99. The number of benzene rings is 2. The Hall–Kier alpha value is -1.30. The maximum absolute atomic E-state index is 14.2. The number of hydrogen-bond donors (Lipinski definition) is 2. The third kappa shape index (κ3) is 2.90. The summed E-state index contributed by atoms with van der Waals surface area (Å²) in [6, 6.07) is 7.52. The molecule has 0 saturated carbocycles. The van der Waals surface area contributed by atoms with Crippen LogP contribution in [0.1, 0.15) is 28.3 Å². The molecule has 2 nitrogen and oxygen atoms in total. The van der Waals surface area contributed by atoms with Crippen LogP contribution in [-0.2, 0) is 0 Å². The van der Waals surface area contributed by atoms with E-state index < -0.39 is 17.7 Å². The van der Waals surface area contributed by atoms with Gasteiger partial charge in [-0.15, -0.1) is 0 Å². The molecule has 3 N–H and O–H groups in total. The van der Waals surface area contributed by atoms with Crippen LogP contribution in [0.15, 0.2) is 34.8 Å². The highest BCUT2D eigenvalue weighted by molar-refractivity contribution is 9.10. The first kappa shape index (κ1) is 15.1. The summed E-state index contributed by atoms with van der Waals surface area (Å²) >= 11 is 3.07. The molecule has 0 amide bonds. The van der Waals surface area contributed by atoms with Crippen molar-refractivity contribution in [3.05, 3.63) is 68.7 Å². The fraction of sp³-hybridized carbons (Fsp3) is 0.200. The van der Waals surface area contributed by atoms with E-state index in [4.69, 9.17) is 5.84 Å². The summed E-state index contributed by atoms with van der Waals surface area (Å²) in [6.07, 6.45) is 0. The van der Waals surface area contributed by atoms with Crippen molar-refractivity contribution in [1.82, 2.24) is 5.43 Å². The van der Waals surface area contributed by atoms with E-state index in [0.717, 1.165) is 16.7 Å². The van der Waals surface area contributed by atoms with Crippen LogP contribution in [0.5, 0.6) is 0 Å². The highest BCUT2D eigenvalue weighted by Gasteiger charge is 2.23. The Balaban J connectivity index is 2.61. The van der Waals surface area contributed by atoms with Gasteiger partial charge in [0.1, 0.15) is 11.6 Å². The van der Waals surface area contributed by atoms with Gasteiger partial charge in [-0.3, -0.25) is 5.84 Å². The van der Waals surface area contributed by atoms with Crippen LogP contribution < -0.4 is 11.3 Å². The lowest BCUT2D eigenvalue weighted by atomic mass is 9.95. The Morgan fingerprint density at radius 1 is 1.10 bits per heavy atom. The molecular formula is C15H15BrF2N2. The maximum Gasteiger partial charge on any atom is 0.145 e. The lowest BCUT2D eigenvalue weighted by Gasteiger charge is -2.20. The molecule has 2 aromatic rings. The molecule has 0 heterocycles. The molecule has 0 spiro atoms. The van der Waals surface area contributed by atoms with Gasteiger partial charge >= 0.3 is 0 Å². The molecule has 20 heavy (non-hydrogen) atoms. The van der Waals surface area contributed by atoms with Crippen molar-refractivity contribution in [2.75, 3.05) is 0 Å². The molecule has 0 saturated heterocycles. The average Bonchev–Trinajstić information content (AvgIpc) is 2.38. The molecule has 1 atom stereocenters. The molecule has 0 aromatic heterocycles. The van der Waals surface area contributed by atoms with Crippen molar-refractivity contribution < 1.29 is 8.78 Å². The van der Waals surface area contributed by atoms with E-state index in [2.05, 4.69) is 21.4 Å². The molecule has 0 aliphatic rings. The summed E-state index contributed by atoms with van der Waals surface area (Å²) < 4.78 is 28.4. The minimum atomic E-state index is -0.744. The Labute approximate surface area is 125 Å². The van der Waals surface area contributed by atoms with Gasteiger partial charge in [0, 0.05) is 5.56 Å². The van der Waals surface area contributed by atoms with E-state index in [9.17, 15) is 8.78 Å². The summed E-state index contributed by atoms with van der Waals surface area (Å²) in [7, 11) is 0.